The lowest BCUT2D eigenvalue weighted by Gasteiger charge is -2.23. The van der Waals surface area contributed by atoms with Crippen LogP contribution in [0.2, 0.25) is 0 Å². The maximum atomic E-state index is 13.0. The van der Waals surface area contributed by atoms with Gasteiger partial charge in [0.25, 0.3) is 5.91 Å². The van der Waals surface area contributed by atoms with E-state index in [1.165, 1.54) is 11.8 Å². The van der Waals surface area contributed by atoms with E-state index in [4.69, 9.17) is 4.74 Å². The van der Waals surface area contributed by atoms with Crippen molar-refractivity contribution in [1.29, 1.82) is 0 Å². The third-order valence-electron chi connectivity index (χ3n) is 5.17. The Balaban J connectivity index is 1.40. The molecule has 11 heteroatoms. The highest BCUT2D eigenvalue weighted by molar-refractivity contribution is 6.05. The third kappa shape index (κ3) is 3.69. The summed E-state index contributed by atoms with van der Waals surface area (Å²) in [5, 5.41) is 15.7. The van der Waals surface area contributed by atoms with E-state index in [1.54, 1.807) is 30.6 Å². The van der Waals surface area contributed by atoms with Crippen molar-refractivity contribution in [3.05, 3.63) is 60.2 Å². The van der Waals surface area contributed by atoms with Crippen LogP contribution in [0.25, 0.3) is 17.3 Å². The summed E-state index contributed by atoms with van der Waals surface area (Å²) in [4.78, 5) is 24.0. The van der Waals surface area contributed by atoms with E-state index >= 15 is 0 Å². The minimum Gasteiger partial charge on any atom is -0.479 e. The molecule has 0 aliphatic carbocycles. The molecule has 0 saturated heterocycles. The van der Waals surface area contributed by atoms with Crippen LogP contribution in [0.3, 0.4) is 0 Å². The van der Waals surface area contributed by atoms with Gasteiger partial charge in [0.1, 0.15) is 22.9 Å². The summed E-state index contributed by atoms with van der Waals surface area (Å²) < 4.78 is 8.85. The SMILES string of the molecule is COc1nn(-c2ccccn2)cc1C(=O)Nc1cccc(-c2nnc3n2CCN(C)C3)n1. The molecule has 0 aromatic carbocycles. The van der Waals surface area contributed by atoms with Crippen LogP contribution in [0.1, 0.15) is 16.2 Å². The number of aromatic nitrogens is 7. The Morgan fingerprint density at radius 3 is 2.84 bits per heavy atom. The molecule has 1 amide bonds. The molecule has 0 spiro atoms. The number of likely N-dealkylation sites (N-methyl/N-ethyl adjacent to an activating group) is 1. The lowest BCUT2D eigenvalue weighted by atomic mass is 10.3. The average molecular weight is 431 g/mol. The number of ether oxygens (including phenoxy) is 1. The van der Waals surface area contributed by atoms with Crippen LogP contribution in [0.5, 0.6) is 5.88 Å². The molecule has 0 unspecified atom stereocenters. The minimum absolute atomic E-state index is 0.194. The Kier molecular flexibility index (Phi) is 5.07. The monoisotopic (exact) mass is 431 g/mol. The third-order valence-corrected chi connectivity index (χ3v) is 5.17. The van der Waals surface area contributed by atoms with Gasteiger partial charge in [0.2, 0.25) is 5.88 Å². The minimum atomic E-state index is -0.390. The predicted molar refractivity (Wildman–Crippen MR) is 115 cm³/mol. The highest BCUT2D eigenvalue weighted by Crippen LogP contribution is 2.23. The highest BCUT2D eigenvalue weighted by Gasteiger charge is 2.22. The number of nitrogens with one attached hydrogen (secondary N) is 1. The molecule has 1 N–H and O–H groups in total. The number of carbonyl (C=O) groups is 1. The molecule has 11 nitrogen and oxygen atoms in total. The molecule has 0 saturated carbocycles. The molecule has 0 fully saturated rings. The molecule has 5 rings (SSSR count). The summed E-state index contributed by atoms with van der Waals surface area (Å²) in [6.45, 7) is 2.44. The average Bonchev–Trinajstić information content (AvgIpc) is 3.44. The van der Waals surface area contributed by atoms with Crippen molar-refractivity contribution in [2.75, 3.05) is 26.0 Å². The van der Waals surface area contributed by atoms with Gasteiger partial charge >= 0.3 is 0 Å². The van der Waals surface area contributed by atoms with Gasteiger partial charge in [0, 0.05) is 25.5 Å². The summed E-state index contributed by atoms with van der Waals surface area (Å²) in [6.07, 6.45) is 3.23. The Bertz CT molecular complexity index is 1270. The van der Waals surface area contributed by atoms with E-state index in [0.29, 0.717) is 23.2 Å². The number of hydrogen-bond acceptors (Lipinski definition) is 8. The fourth-order valence-electron chi connectivity index (χ4n) is 3.55. The molecule has 5 heterocycles. The summed E-state index contributed by atoms with van der Waals surface area (Å²) >= 11 is 0. The number of anilines is 1. The number of nitrogens with zero attached hydrogens (tertiary/aromatic N) is 8. The number of amides is 1. The highest BCUT2D eigenvalue weighted by atomic mass is 16.5. The summed E-state index contributed by atoms with van der Waals surface area (Å²) in [5.74, 6) is 2.36. The van der Waals surface area contributed by atoms with Gasteiger partial charge in [-0.3, -0.25) is 9.69 Å². The van der Waals surface area contributed by atoms with E-state index in [-0.39, 0.29) is 11.4 Å². The van der Waals surface area contributed by atoms with Crippen molar-refractivity contribution in [2.45, 2.75) is 13.1 Å². The molecule has 0 radical (unpaired) electrons. The zero-order valence-corrected chi connectivity index (χ0v) is 17.6. The number of methoxy groups -OCH3 is 1. The van der Waals surface area contributed by atoms with Crippen LogP contribution in [0.15, 0.2) is 48.8 Å². The van der Waals surface area contributed by atoms with Crippen molar-refractivity contribution in [3.63, 3.8) is 0 Å². The second-order valence-electron chi connectivity index (χ2n) is 7.38. The van der Waals surface area contributed by atoms with Crippen LogP contribution in [-0.2, 0) is 13.1 Å². The number of pyridine rings is 2. The predicted octanol–water partition coefficient (Wildman–Crippen LogP) is 1.63. The van der Waals surface area contributed by atoms with Crippen LogP contribution in [-0.4, -0.2) is 66.0 Å². The topological polar surface area (TPSA) is 116 Å². The Hall–Kier alpha value is -4.12. The zero-order chi connectivity index (χ0) is 22.1. The largest absolute Gasteiger partial charge is 0.479 e. The maximum Gasteiger partial charge on any atom is 0.263 e. The molecule has 1 aliphatic heterocycles. The van der Waals surface area contributed by atoms with Crippen molar-refractivity contribution < 1.29 is 9.53 Å². The molecule has 32 heavy (non-hydrogen) atoms. The van der Waals surface area contributed by atoms with Crippen molar-refractivity contribution >= 4 is 11.7 Å². The van der Waals surface area contributed by atoms with E-state index in [2.05, 4.69) is 47.1 Å². The van der Waals surface area contributed by atoms with E-state index in [9.17, 15) is 4.79 Å². The van der Waals surface area contributed by atoms with Crippen LogP contribution < -0.4 is 10.1 Å². The van der Waals surface area contributed by atoms with Crippen LogP contribution in [0.4, 0.5) is 5.82 Å². The van der Waals surface area contributed by atoms with Crippen LogP contribution >= 0.6 is 0 Å². The molecule has 4 aromatic rings. The number of fused-ring (bicyclic) bond motifs is 1. The molecule has 1 aliphatic rings. The van der Waals surface area contributed by atoms with Crippen molar-refractivity contribution in [1.82, 2.24) is 39.4 Å². The standard InChI is InChI=1S/C21H21N9O2/c1-28-10-11-29-18(13-28)25-26-19(29)15-6-5-7-16(23-15)24-20(31)14-12-30(27-21(14)32-2)17-8-3-4-9-22-17/h3-9,12H,10-11,13H2,1-2H3,(H,23,24,31). The molecule has 0 atom stereocenters. The molecular formula is C21H21N9O2. The van der Waals surface area contributed by atoms with Gasteiger partial charge in [0.05, 0.1) is 13.7 Å². The summed E-state index contributed by atoms with van der Waals surface area (Å²) in [6, 6.07) is 10.8. The fraction of sp³-hybridized carbons (Fsp3) is 0.238. The van der Waals surface area contributed by atoms with Gasteiger partial charge in [-0.1, -0.05) is 12.1 Å². The maximum absolute atomic E-state index is 13.0. The molecule has 162 valence electrons. The van der Waals surface area contributed by atoms with Gasteiger partial charge in [-0.15, -0.1) is 15.3 Å². The van der Waals surface area contributed by atoms with Gasteiger partial charge in [-0.05, 0) is 31.3 Å². The van der Waals surface area contributed by atoms with Gasteiger partial charge in [0.15, 0.2) is 11.6 Å². The quantitative estimate of drug-likeness (QED) is 0.507. The van der Waals surface area contributed by atoms with Gasteiger partial charge < -0.3 is 14.6 Å². The van der Waals surface area contributed by atoms with E-state index in [0.717, 1.165) is 25.5 Å². The normalized spacial score (nSPS) is 13.6. The van der Waals surface area contributed by atoms with E-state index in [1.807, 2.05) is 18.2 Å². The second kappa shape index (κ2) is 8.19. The first-order chi connectivity index (χ1) is 15.6. The Morgan fingerprint density at radius 1 is 1.12 bits per heavy atom. The molecule has 4 aromatic heterocycles. The summed E-state index contributed by atoms with van der Waals surface area (Å²) in [5.41, 5.74) is 0.912. The molecule has 0 bridgehead atoms. The second-order valence-corrected chi connectivity index (χ2v) is 7.38. The Morgan fingerprint density at radius 2 is 2.03 bits per heavy atom. The summed E-state index contributed by atoms with van der Waals surface area (Å²) in [7, 11) is 3.52. The first kappa shape index (κ1) is 19.8. The fourth-order valence-corrected chi connectivity index (χ4v) is 3.55. The lowest BCUT2D eigenvalue weighted by molar-refractivity contribution is 0.102. The zero-order valence-electron chi connectivity index (χ0n) is 17.6. The van der Waals surface area contributed by atoms with Crippen LogP contribution in [0, 0.1) is 0 Å². The van der Waals surface area contributed by atoms with Crippen molar-refractivity contribution in [3.8, 4) is 23.2 Å². The number of carbonyl (C=O) groups excluding carboxylic acids is 1. The Labute approximate surface area is 183 Å². The van der Waals surface area contributed by atoms with Gasteiger partial charge in [-0.25, -0.2) is 14.6 Å². The lowest BCUT2D eigenvalue weighted by Crippen LogP contribution is -2.30. The first-order valence-electron chi connectivity index (χ1n) is 10.1. The van der Waals surface area contributed by atoms with E-state index < -0.39 is 5.91 Å². The number of rotatable bonds is 5. The smallest absolute Gasteiger partial charge is 0.263 e. The number of hydrogen-bond donors (Lipinski definition) is 1. The first-order valence-corrected chi connectivity index (χ1v) is 10.1. The van der Waals surface area contributed by atoms with Crippen molar-refractivity contribution in [2.24, 2.45) is 0 Å². The van der Waals surface area contributed by atoms with Gasteiger partial charge in [-0.2, -0.15) is 0 Å². The molecular weight excluding hydrogens is 410 g/mol.